The summed E-state index contributed by atoms with van der Waals surface area (Å²) >= 11 is 0. The minimum absolute atomic E-state index is 0.279. The Balaban J connectivity index is 2.38. The molecule has 0 aromatic carbocycles. The molecule has 0 spiro atoms. The standard InChI is InChI=1S/C5H7FO4/c1-2-8-4-3(6)9-5(7)10-4/h3-4H,2H2,1H3. The third kappa shape index (κ3) is 1.36. The molecule has 0 bridgehead atoms. The van der Waals surface area contributed by atoms with Crippen LogP contribution >= 0.6 is 0 Å². The van der Waals surface area contributed by atoms with Gasteiger partial charge in [0.15, 0.2) is 0 Å². The van der Waals surface area contributed by atoms with E-state index in [0.29, 0.717) is 0 Å². The van der Waals surface area contributed by atoms with E-state index in [1.54, 1.807) is 6.92 Å². The molecule has 0 amide bonds. The summed E-state index contributed by atoms with van der Waals surface area (Å²) in [5, 5.41) is 0. The van der Waals surface area contributed by atoms with E-state index in [9.17, 15) is 9.18 Å². The number of ether oxygens (including phenoxy) is 3. The molecule has 1 fully saturated rings. The summed E-state index contributed by atoms with van der Waals surface area (Å²) < 4.78 is 25.2. The first-order chi connectivity index (χ1) is 4.74. The van der Waals surface area contributed by atoms with E-state index in [1.165, 1.54) is 0 Å². The number of hydrogen-bond donors (Lipinski definition) is 0. The lowest BCUT2D eigenvalue weighted by atomic mass is 10.6. The van der Waals surface area contributed by atoms with E-state index in [2.05, 4.69) is 14.2 Å². The van der Waals surface area contributed by atoms with E-state index in [1.807, 2.05) is 0 Å². The average molecular weight is 150 g/mol. The molecule has 0 aliphatic carbocycles. The molecule has 0 radical (unpaired) electrons. The molecule has 4 nitrogen and oxygen atoms in total. The summed E-state index contributed by atoms with van der Waals surface area (Å²) in [7, 11) is 0. The van der Waals surface area contributed by atoms with E-state index >= 15 is 0 Å². The number of halogens is 1. The van der Waals surface area contributed by atoms with Crippen LogP contribution in [0, 0.1) is 0 Å². The number of hydrogen-bond acceptors (Lipinski definition) is 4. The Morgan fingerprint density at radius 3 is 2.80 bits per heavy atom. The summed E-state index contributed by atoms with van der Waals surface area (Å²) in [5.74, 6) is 0. The first kappa shape index (κ1) is 7.27. The summed E-state index contributed by atoms with van der Waals surface area (Å²) in [4.78, 5) is 10.2. The molecular weight excluding hydrogens is 143 g/mol. The van der Waals surface area contributed by atoms with Gasteiger partial charge in [-0.25, -0.2) is 4.79 Å². The maximum absolute atomic E-state index is 12.3. The zero-order valence-corrected chi connectivity index (χ0v) is 5.37. The molecule has 0 aromatic heterocycles. The van der Waals surface area contributed by atoms with E-state index in [0.717, 1.165) is 0 Å². The van der Waals surface area contributed by atoms with Crippen molar-refractivity contribution in [3.63, 3.8) is 0 Å². The van der Waals surface area contributed by atoms with Gasteiger partial charge in [0.2, 0.25) is 0 Å². The number of carbonyl (C=O) groups is 1. The third-order valence-corrected chi connectivity index (χ3v) is 0.966. The SMILES string of the molecule is CCOC1OC(=O)OC1F. The quantitative estimate of drug-likeness (QED) is 0.546. The lowest BCUT2D eigenvalue weighted by Gasteiger charge is -2.06. The minimum Gasteiger partial charge on any atom is -0.397 e. The molecule has 1 heterocycles. The highest BCUT2D eigenvalue weighted by molar-refractivity contribution is 5.61. The van der Waals surface area contributed by atoms with Gasteiger partial charge in [0, 0.05) is 6.61 Å². The van der Waals surface area contributed by atoms with Crippen molar-refractivity contribution in [2.75, 3.05) is 6.61 Å². The lowest BCUT2D eigenvalue weighted by Crippen LogP contribution is -2.21. The Morgan fingerprint density at radius 2 is 2.40 bits per heavy atom. The fraction of sp³-hybridized carbons (Fsp3) is 0.800. The minimum atomic E-state index is -1.78. The number of alkyl halides is 1. The van der Waals surface area contributed by atoms with Crippen molar-refractivity contribution in [2.24, 2.45) is 0 Å². The van der Waals surface area contributed by atoms with Gasteiger partial charge in [0.05, 0.1) is 0 Å². The highest BCUT2D eigenvalue weighted by Gasteiger charge is 2.37. The zero-order chi connectivity index (χ0) is 7.56. The fourth-order valence-corrected chi connectivity index (χ4v) is 0.598. The van der Waals surface area contributed by atoms with Crippen LogP contribution in [0.1, 0.15) is 6.92 Å². The molecule has 0 N–H and O–H groups in total. The van der Waals surface area contributed by atoms with Crippen molar-refractivity contribution in [3.05, 3.63) is 0 Å². The largest absolute Gasteiger partial charge is 0.513 e. The Hall–Kier alpha value is -0.840. The Morgan fingerprint density at radius 1 is 1.70 bits per heavy atom. The van der Waals surface area contributed by atoms with Crippen LogP contribution in [0.15, 0.2) is 0 Å². The van der Waals surface area contributed by atoms with Crippen molar-refractivity contribution in [3.8, 4) is 0 Å². The number of carbonyl (C=O) groups excluding carboxylic acids is 1. The summed E-state index contributed by atoms with van der Waals surface area (Å²) in [6.07, 6.45) is -3.99. The zero-order valence-electron chi connectivity index (χ0n) is 5.37. The van der Waals surface area contributed by atoms with Crippen molar-refractivity contribution < 1.29 is 23.4 Å². The smallest absolute Gasteiger partial charge is 0.397 e. The van der Waals surface area contributed by atoms with Gasteiger partial charge in [-0.05, 0) is 6.92 Å². The van der Waals surface area contributed by atoms with E-state index < -0.39 is 18.8 Å². The molecule has 0 saturated carbocycles. The maximum Gasteiger partial charge on any atom is 0.513 e. The summed E-state index contributed by atoms with van der Waals surface area (Å²) in [5.41, 5.74) is 0. The first-order valence-electron chi connectivity index (χ1n) is 2.87. The van der Waals surface area contributed by atoms with Crippen LogP contribution in [0.3, 0.4) is 0 Å². The van der Waals surface area contributed by atoms with Crippen LogP contribution in [0.2, 0.25) is 0 Å². The molecule has 2 unspecified atom stereocenters. The second-order valence-corrected chi connectivity index (χ2v) is 1.66. The molecular formula is C5H7FO4. The maximum atomic E-state index is 12.3. The van der Waals surface area contributed by atoms with Crippen LogP contribution in [-0.2, 0) is 14.2 Å². The highest BCUT2D eigenvalue weighted by atomic mass is 19.1. The Labute approximate surface area is 56.9 Å². The summed E-state index contributed by atoms with van der Waals surface area (Å²) in [6, 6.07) is 0. The first-order valence-corrected chi connectivity index (χ1v) is 2.87. The van der Waals surface area contributed by atoms with Crippen LogP contribution in [0.4, 0.5) is 9.18 Å². The van der Waals surface area contributed by atoms with Crippen molar-refractivity contribution in [1.82, 2.24) is 0 Å². The molecule has 5 heteroatoms. The van der Waals surface area contributed by atoms with Gasteiger partial charge in [-0.15, -0.1) is 0 Å². The monoisotopic (exact) mass is 150 g/mol. The van der Waals surface area contributed by atoms with Gasteiger partial charge in [0.25, 0.3) is 6.29 Å². The van der Waals surface area contributed by atoms with Crippen LogP contribution in [0.5, 0.6) is 0 Å². The van der Waals surface area contributed by atoms with Crippen molar-refractivity contribution >= 4 is 6.16 Å². The second kappa shape index (κ2) is 2.83. The third-order valence-electron chi connectivity index (χ3n) is 0.966. The molecule has 0 aromatic rings. The van der Waals surface area contributed by atoms with Crippen LogP contribution in [0.25, 0.3) is 0 Å². The van der Waals surface area contributed by atoms with Gasteiger partial charge in [-0.3, -0.25) is 0 Å². The van der Waals surface area contributed by atoms with Gasteiger partial charge >= 0.3 is 12.5 Å². The van der Waals surface area contributed by atoms with Crippen LogP contribution in [-0.4, -0.2) is 25.4 Å². The molecule has 1 rings (SSSR count). The second-order valence-electron chi connectivity index (χ2n) is 1.66. The molecule has 1 saturated heterocycles. The van der Waals surface area contributed by atoms with Gasteiger partial charge in [-0.1, -0.05) is 0 Å². The molecule has 2 atom stereocenters. The number of cyclic esters (lactones) is 2. The van der Waals surface area contributed by atoms with Gasteiger partial charge in [-0.2, -0.15) is 4.39 Å². The van der Waals surface area contributed by atoms with Crippen molar-refractivity contribution in [2.45, 2.75) is 19.6 Å². The molecule has 58 valence electrons. The predicted molar refractivity (Wildman–Crippen MR) is 27.9 cm³/mol. The topological polar surface area (TPSA) is 44.8 Å². The molecule has 1 aliphatic rings. The molecule has 10 heavy (non-hydrogen) atoms. The van der Waals surface area contributed by atoms with Crippen LogP contribution < -0.4 is 0 Å². The summed E-state index contributed by atoms with van der Waals surface area (Å²) in [6.45, 7) is 1.95. The van der Waals surface area contributed by atoms with Gasteiger partial charge in [0.1, 0.15) is 0 Å². The number of rotatable bonds is 2. The Kier molecular flexibility index (Phi) is 2.06. The van der Waals surface area contributed by atoms with E-state index in [4.69, 9.17) is 0 Å². The fourth-order valence-electron chi connectivity index (χ4n) is 0.598. The highest BCUT2D eigenvalue weighted by Crippen LogP contribution is 2.16. The molecule has 1 aliphatic heterocycles. The normalized spacial score (nSPS) is 31.6. The van der Waals surface area contributed by atoms with E-state index in [-0.39, 0.29) is 6.61 Å². The van der Waals surface area contributed by atoms with Gasteiger partial charge < -0.3 is 14.2 Å². The average Bonchev–Trinajstić information content (AvgIpc) is 2.13. The Bertz CT molecular complexity index is 138. The lowest BCUT2D eigenvalue weighted by molar-refractivity contribution is -0.132. The predicted octanol–water partition coefficient (Wildman–Crippen LogP) is 0.811. The van der Waals surface area contributed by atoms with Crippen molar-refractivity contribution in [1.29, 1.82) is 0 Å².